The number of rotatable bonds is 4. The fraction of sp³-hybridized carbons (Fsp3) is 0.240. The van der Waals surface area contributed by atoms with Crippen LogP contribution in [0.25, 0.3) is 10.9 Å². The maximum Gasteiger partial charge on any atom is 0.0801 e. The van der Waals surface area contributed by atoms with Crippen LogP contribution in [0.15, 0.2) is 79.0 Å². The summed E-state index contributed by atoms with van der Waals surface area (Å²) >= 11 is 0. The first-order valence-corrected chi connectivity index (χ1v) is 10.3. The number of anilines is 1. The predicted octanol–water partition coefficient (Wildman–Crippen LogP) is 4.78. The van der Waals surface area contributed by atoms with Crippen molar-refractivity contribution in [2.24, 2.45) is 0 Å². The number of aromatic nitrogens is 2. The molecule has 1 fully saturated rings. The molecule has 0 bridgehead atoms. The van der Waals surface area contributed by atoms with Crippen LogP contribution in [0.3, 0.4) is 0 Å². The van der Waals surface area contributed by atoms with Gasteiger partial charge in [0.15, 0.2) is 0 Å². The number of fused-ring (bicyclic) bond motifs is 1. The molecule has 1 unspecified atom stereocenters. The van der Waals surface area contributed by atoms with Crippen LogP contribution in [0.4, 0.5) is 5.69 Å². The number of piperazine rings is 1. The second-order valence-corrected chi connectivity index (χ2v) is 7.72. The normalized spacial score (nSPS) is 16.2. The molecule has 1 saturated heterocycles. The number of pyridine rings is 1. The molecule has 2 aromatic heterocycles. The first kappa shape index (κ1) is 18.0. The van der Waals surface area contributed by atoms with Crippen molar-refractivity contribution in [3.05, 3.63) is 95.9 Å². The van der Waals surface area contributed by atoms with E-state index < -0.39 is 0 Å². The lowest BCUT2D eigenvalue weighted by molar-refractivity contribution is 0.209. The molecule has 4 nitrogen and oxygen atoms in total. The van der Waals surface area contributed by atoms with Crippen molar-refractivity contribution in [2.45, 2.75) is 13.0 Å². The van der Waals surface area contributed by atoms with Gasteiger partial charge in [0.2, 0.25) is 0 Å². The average molecular weight is 383 g/mol. The highest BCUT2D eigenvalue weighted by atomic mass is 15.3. The van der Waals surface area contributed by atoms with Crippen LogP contribution in [-0.2, 0) is 0 Å². The van der Waals surface area contributed by atoms with Gasteiger partial charge in [-0.05, 0) is 37.3 Å². The van der Waals surface area contributed by atoms with Gasteiger partial charge in [-0.25, -0.2) is 0 Å². The lowest BCUT2D eigenvalue weighted by Crippen LogP contribution is -2.48. The van der Waals surface area contributed by atoms with Crippen LogP contribution in [0.1, 0.15) is 23.0 Å². The van der Waals surface area contributed by atoms with Crippen molar-refractivity contribution in [3.63, 3.8) is 0 Å². The summed E-state index contributed by atoms with van der Waals surface area (Å²) in [4.78, 5) is 13.4. The molecular formula is C25H26N4. The molecule has 1 aliphatic rings. The lowest BCUT2D eigenvalue weighted by Gasteiger charge is -2.40. The van der Waals surface area contributed by atoms with E-state index in [0.29, 0.717) is 0 Å². The van der Waals surface area contributed by atoms with Crippen LogP contribution >= 0.6 is 0 Å². The van der Waals surface area contributed by atoms with Gasteiger partial charge in [0.1, 0.15) is 0 Å². The third-order valence-electron chi connectivity index (χ3n) is 5.99. The zero-order valence-electron chi connectivity index (χ0n) is 16.8. The summed E-state index contributed by atoms with van der Waals surface area (Å²) in [5.74, 6) is 0. The zero-order chi connectivity index (χ0) is 19.6. The molecule has 2 aromatic carbocycles. The van der Waals surface area contributed by atoms with E-state index in [4.69, 9.17) is 4.98 Å². The largest absolute Gasteiger partial charge is 0.369 e. The molecule has 146 valence electrons. The molecule has 1 N–H and O–H groups in total. The Labute approximate surface area is 171 Å². The Morgan fingerprint density at radius 2 is 1.55 bits per heavy atom. The van der Waals surface area contributed by atoms with Crippen LogP contribution in [-0.4, -0.2) is 41.0 Å². The standard InChI is InChI=1S/C25H26N4/c1-19-24(21-11-5-6-12-22(21)27-19)25(23-13-7-8-14-26-23)29-17-15-28(16-18-29)20-9-3-2-4-10-20/h2-14,25,27H,15-18H2,1H3. The summed E-state index contributed by atoms with van der Waals surface area (Å²) in [6.07, 6.45) is 1.91. The molecule has 0 spiro atoms. The second-order valence-electron chi connectivity index (χ2n) is 7.72. The van der Waals surface area contributed by atoms with Crippen molar-refractivity contribution in [1.82, 2.24) is 14.9 Å². The van der Waals surface area contributed by atoms with E-state index in [-0.39, 0.29) is 6.04 Å². The Balaban J connectivity index is 1.50. The van der Waals surface area contributed by atoms with E-state index in [1.807, 2.05) is 12.3 Å². The number of H-pyrrole nitrogens is 1. The van der Waals surface area contributed by atoms with Crippen LogP contribution in [0.2, 0.25) is 0 Å². The highest BCUT2D eigenvalue weighted by Crippen LogP contribution is 2.36. The van der Waals surface area contributed by atoms with Crippen molar-refractivity contribution < 1.29 is 0 Å². The van der Waals surface area contributed by atoms with Gasteiger partial charge in [0.05, 0.1) is 11.7 Å². The highest BCUT2D eigenvalue weighted by Gasteiger charge is 2.30. The van der Waals surface area contributed by atoms with E-state index in [9.17, 15) is 0 Å². The number of nitrogens with zero attached hydrogens (tertiary/aromatic N) is 3. The van der Waals surface area contributed by atoms with Crippen molar-refractivity contribution in [2.75, 3.05) is 31.1 Å². The molecule has 3 heterocycles. The second kappa shape index (κ2) is 7.72. The number of aromatic amines is 1. The number of hydrogen-bond donors (Lipinski definition) is 1. The minimum absolute atomic E-state index is 0.158. The van der Waals surface area contributed by atoms with Gasteiger partial charge in [0.25, 0.3) is 0 Å². The number of hydrogen-bond acceptors (Lipinski definition) is 3. The minimum atomic E-state index is 0.158. The summed E-state index contributed by atoms with van der Waals surface area (Å²) in [6, 6.07) is 25.7. The Hall–Kier alpha value is -3.11. The van der Waals surface area contributed by atoms with E-state index in [0.717, 1.165) is 31.9 Å². The first-order valence-electron chi connectivity index (χ1n) is 10.3. The van der Waals surface area contributed by atoms with Crippen molar-refractivity contribution in [1.29, 1.82) is 0 Å². The van der Waals surface area contributed by atoms with Gasteiger partial charge in [-0.15, -0.1) is 0 Å². The quantitative estimate of drug-likeness (QED) is 0.551. The number of nitrogens with one attached hydrogen (secondary N) is 1. The molecule has 0 aliphatic carbocycles. The average Bonchev–Trinajstić information content (AvgIpc) is 3.12. The molecule has 0 saturated carbocycles. The predicted molar refractivity (Wildman–Crippen MR) is 119 cm³/mol. The van der Waals surface area contributed by atoms with Crippen LogP contribution < -0.4 is 4.90 Å². The molecule has 4 aromatic rings. The summed E-state index contributed by atoms with van der Waals surface area (Å²) in [5.41, 5.74) is 6.21. The Bertz CT molecular complexity index is 1080. The fourth-order valence-corrected chi connectivity index (χ4v) is 4.58. The van der Waals surface area contributed by atoms with Crippen LogP contribution in [0, 0.1) is 6.92 Å². The first-order chi connectivity index (χ1) is 14.3. The van der Waals surface area contributed by atoms with Gasteiger partial charge >= 0.3 is 0 Å². The minimum Gasteiger partial charge on any atom is -0.369 e. The summed E-state index contributed by atoms with van der Waals surface area (Å²) < 4.78 is 0. The number of benzene rings is 2. The summed E-state index contributed by atoms with van der Waals surface area (Å²) in [7, 11) is 0. The van der Waals surface area contributed by atoms with Gasteiger partial charge in [-0.3, -0.25) is 9.88 Å². The maximum absolute atomic E-state index is 4.77. The molecule has 4 heteroatoms. The van der Waals surface area contributed by atoms with Gasteiger partial charge in [-0.2, -0.15) is 0 Å². The molecule has 1 aliphatic heterocycles. The Kier molecular flexibility index (Phi) is 4.78. The monoisotopic (exact) mass is 382 g/mol. The Morgan fingerprint density at radius 1 is 0.828 bits per heavy atom. The van der Waals surface area contributed by atoms with E-state index >= 15 is 0 Å². The van der Waals surface area contributed by atoms with Gasteiger partial charge < -0.3 is 9.88 Å². The summed E-state index contributed by atoms with van der Waals surface area (Å²) in [5, 5.41) is 1.30. The topological polar surface area (TPSA) is 35.2 Å². The van der Waals surface area contributed by atoms with E-state index in [1.54, 1.807) is 0 Å². The molecule has 0 radical (unpaired) electrons. The van der Waals surface area contributed by atoms with Gasteiger partial charge in [-0.1, -0.05) is 42.5 Å². The maximum atomic E-state index is 4.77. The molecular weight excluding hydrogens is 356 g/mol. The van der Waals surface area contributed by atoms with E-state index in [1.165, 1.54) is 27.8 Å². The molecule has 29 heavy (non-hydrogen) atoms. The summed E-state index contributed by atoms with van der Waals surface area (Å²) in [6.45, 7) is 6.25. The zero-order valence-corrected chi connectivity index (χ0v) is 16.8. The van der Waals surface area contributed by atoms with Crippen molar-refractivity contribution >= 4 is 16.6 Å². The SMILES string of the molecule is Cc1[nH]c2ccccc2c1C(c1ccccn1)N1CCN(c2ccccc2)CC1. The third-order valence-corrected chi connectivity index (χ3v) is 5.99. The number of aryl methyl sites for hydroxylation is 1. The van der Waals surface area contributed by atoms with E-state index in [2.05, 4.69) is 88.4 Å². The smallest absolute Gasteiger partial charge is 0.0801 e. The van der Waals surface area contributed by atoms with Crippen LogP contribution in [0.5, 0.6) is 0 Å². The molecule has 5 rings (SSSR count). The molecule has 1 atom stereocenters. The third kappa shape index (κ3) is 3.40. The fourth-order valence-electron chi connectivity index (χ4n) is 4.58. The number of para-hydroxylation sites is 2. The van der Waals surface area contributed by atoms with Gasteiger partial charge in [0, 0.05) is 60.2 Å². The Morgan fingerprint density at radius 3 is 2.31 bits per heavy atom. The highest BCUT2D eigenvalue weighted by molar-refractivity contribution is 5.85. The van der Waals surface area contributed by atoms with Crippen molar-refractivity contribution in [3.8, 4) is 0 Å². The lowest BCUT2D eigenvalue weighted by atomic mass is 9.97. The molecule has 0 amide bonds.